The van der Waals surface area contributed by atoms with Crippen LogP contribution in [0, 0.1) is 46.3 Å². The fraction of sp³-hybridized carbons (Fsp3) is 0.889. The highest BCUT2D eigenvalue weighted by Gasteiger charge is 2.60. The topological polar surface area (TPSA) is 37.3 Å². The molecule has 0 heterocycles. The number of fused-ring (bicyclic) bond motifs is 5. The summed E-state index contributed by atoms with van der Waals surface area (Å²) in [5.74, 6) is 4.84. The molecule has 1 N–H and O–H groups in total. The van der Waals surface area contributed by atoms with Crippen molar-refractivity contribution >= 4 is 5.78 Å². The van der Waals surface area contributed by atoms with Crippen LogP contribution in [0.25, 0.3) is 0 Å². The summed E-state index contributed by atoms with van der Waals surface area (Å²) in [6, 6.07) is 0. The number of aliphatic hydroxyl groups excluding tert-OH is 1. The highest BCUT2D eigenvalue weighted by atomic mass is 16.3. The lowest BCUT2D eigenvalue weighted by atomic mass is 9.46. The number of Topliss-reactive ketones (excluding diaryl/α,β-unsaturated/α-hetero) is 1. The summed E-state index contributed by atoms with van der Waals surface area (Å²) >= 11 is 0. The van der Waals surface area contributed by atoms with Gasteiger partial charge in [-0.15, -0.1) is 0 Å². The maximum absolute atomic E-state index is 12.1. The molecule has 0 spiro atoms. The molecule has 0 amide bonds. The molecule has 3 fully saturated rings. The quantitative estimate of drug-likeness (QED) is 0.530. The van der Waals surface area contributed by atoms with Crippen LogP contribution in [-0.4, -0.2) is 17.0 Å². The third kappa shape index (κ3) is 3.46. The SMILES string of the molecule is CC(C)CCC[C@@H](C)[C@H]1CCC2C3CC=C4CC(=O)C[C@H](O)[C@]4(C)C3CC[C@@]21C. The van der Waals surface area contributed by atoms with Crippen molar-refractivity contribution in [1.29, 1.82) is 0 Å². The number of rotatable bonds is 5. The molecule has 3 unspecified atom stereocenters. The minimum Gasteiger partial charge on any atom is -0.392 e. The van der Waals surface area contributed by atoms with Crippen molar-refractivity contribution in [2.75, 3.05) is 0 Å². The molecule has 0 saturated heterocycles. The predicted molar refractivity (Wildman–Crippen MR) is 119 cm³/mol. The summed E-state index contributed by atoms with van der Waals surface area (Å²) in [7, 11) is 0. The second-order valence-electron chi connectivity index (χ2n) is 12.1. The predicted octanol–water partition coefficient (Wildman–Crippen LogP) is 6.57. The Balaban J connectivity index is 1.52. The Labute approximate surface area is 178 Å². The fourth-order valence-corrected chi connectivity index (χ4v) is 8.56. The molecule has 29 heavy (non-hydrogen) atoms. The maximum Gasteiger partial charge on any atom is 0.139 e. The lowest BCUT2D eigenvalue weighted by Gasteiger charge is -2.59. The third-order valence-corrected chi connectivity index (χ3v) is 10.2. The van der Waals surface area contributed by atoms with Gasteiger partial charge >= 0.3 is 0 Å². The van der Waals surface area contributed by atoms with Gasteiger partial charge in [0.25, 0.3) is 0 Å². The van der Waals surface area contributed by atoms with Crippen LogP contribution in [0.15, 0.2) is 11.6 Å². The van der Waals surface area contributed by atoms with E-state index in [9.17, 15) is 9.90 Å². The first-order valence-electron chi connectivity index (χ1n) is 12.6. The van der Waals surface area contributed by atoms with Gasteiger partial charge in [-0.3, -0.25) is 4.79 Å². The Hall–Kier alpha value is -0.630. The van der Waals surface area contributed by atoms with Crippen LogP contribution in [0.3, 0.4) is 0 Å². The molecule has 0 aromatic heterocycles. The van der Waals surface area contributed by atoms with Gasteiger partial charge in [0.1, 0.15) is 5.78 Å². The van der Waals surface area contributed by atoms with Crippen molar-refractivity contribution in [3.8, 4) is 0 Å². The van der Waals surface area contributed by atoms with Gasteiger partial charge < -0.3 is 5.11 Å². The van der Waals surface area contributed by atoms with Gasteiger partial charge in [-0.05, 0) is 73.0 Å². The number of aliphatic hydroxyl groups is 1. The first kappa shape index (κ1) is 21.6. The molecule has 0 bridgehead atoms. The molecule has 0 radical (unpaired) electrons. The van der Waals surface area contributed by atoms with E-state index in [1.807, 2.05) is 0 Å². The highest BCUT2D eigenvalue weighted by Crippen LogP contribution is 2.67. The third-order valence-electron chi connectivity index (χ3n) is 10.2. The van der Waals surface area contributed by atoms with E-state index >= 15 is 0 Å². The van der Waals surface area contributed by atoms with Gasteiger partial charge in [-0.2, -0.15) is 0 Å². The number of carbonyl (C=O) groups excluding carboxylic acids is 1. The molecule has 4 rings (SSSR count). The highest BCUT2D eigenvalue weighted by molar-refractivity contribution is 5.83. The Morgan fingerprint density at radius 3 is 2.59 bits per heavy atom. The molecule has 0 aliphatic heterocycles. The minimum absolute atomic E-state index is 0.154. The van der Waals surface area contributed by atoms with Gasteiger partial charge in [0.15, 0.2) is 0 Å². The van der Waals surface area contributed by atoms with Crippen LogP contribution < -0.4 is 0 Å². The lowest BCUT2D eigenvalue weighted by molar-refractivity contribution is -0.132. The van der Waals surface area contributed by atoms with E-state index in [2.05, 4.69) is 40.7 Å². The van der Waals surface area contributed by atoms with Crippen molar-refractivity contribution in [2.45, 2.75) is 105 Å². The normalized spacial score (nSPS) is 45.4. The Bertz CT molecular complexity index is 663. The first-order valence-corrected chi connectivity index (χ1v) is 12.6. The van der Waals surface area contributed by atoms with E-state index in [0.29, 0.717) is 30.1 Å². The largest absolute Gasteiger partial charge is 0.392 e. The second kappa shape index (κ2) is 7.81. The number of carbonyl (C=O) groups is 1. The molecule has 8 atom stereocenters. The molecule has 0 aromatic rings. The van der Waals surface area contributed by atoms with Crippen molar-refractivity contribution in [3.63, 3.8) is 0 Å². The molecule has 4 aliphatic rings. The van der Waals surface area contributed by atoms with Gasteiger partial charge in [0.05, 0.1) is 6.10 Å². The van der Waals surface area contributed by atoms with Crippen molar-refractivity contribution < 1.29 is 9.90 Å². The van der Waals surface area contributed by atoms with Gasteiger partial charge in [0.2, 0.25) is 0 Å². The smallest absolute Gasteiger partial charge is 0.139 e. The molecular weight excluding hydrogens is 356 g/mol. The summed E-state index contributed by atoms with van der Waals surface area (Å²) in [5.41, 5.74) is 1.59. The van der Waals surface area contributed by atoms with E-state index in [1.165, 1.54) is 50.5 Å². The summed E-state index contributed by atoms with van der Waals surface area (Å²) in [4.78, 5) is 12.1. The minimum atomic E-state index is -0.473. The number of ketones is 1. The van der Waals surface area contributed by atoms with Crippen LogP contribution in [0.1, 0.15) is 98.8 Å². The van der Waals surface area contributed by atoms with Crippen molar-refractivity contribution in [2.24, 2.45) is 46.3 Å². The van der Waals surface area contributed by atoms with Crippen LogP contribution in [0.2, 0.25) is 0 Å². The Morgan fingerprint density at radius 1 is 1.10 bits per heavy atom. The van der Waals surface area contributed by atoms with Crippen molar-refractivity contribution in [1.82, 2.24) is 0 Å². The average molecular weight is 401 g/mol. The standard InChI is InChI=1S/C27H44O2/c1-17(2)7-6-8-18(3)22-11-12-23-21-10-9-19-15-20(28)16-25(29)27(19,5)24(21)13-14-26(22,23)4/h9,17-18,21-25,29H,6-8,10-16H2,1-5H3/t18-,21?,22-,23?,24?,25+,26-,27+/m1/s1. The van der Waals surface area contributed by atoms with Crippen LogP contribution in [0.4, 0.5) is 0 Å². The summed E-state index contributed by atoms with van der Waals surface area (Å²) in [6.45, 7) is 12.1. The van der Waals surface area contributed by atoms with E-state index < -0.39 is 6.10 Å². The number of hydrogen-bond acceptors (Lipinski definition) is 2. The number of hydrogen-bond donors (Lipinski definition) is 1. The molecule has 2 nitrogen and oxygen atoms in total. The Kier molecular flexibility index (Phi) is 5.82. The summed E-state index contributed by atoms with van der Waals surface area (Å²) < 4.78 is 0. The van der Waals surface area contributed by atoms with Gasteiger partial charge in [-0.1, -0.05) is 65.5 Å². The monoisotopic (exact) mass is 400 g/mol. The van der Waals surface area contributed by atoms with Gasteiger partial charge in [0, 0.05) is 18.3 Å². The summed E-state index contributed by atoms with van der Waals surface area (Å²) in [5, 5.41) is 11.0. The second-order valence-corrected chi connectivity index (χ2v) is 12.1. The van der Waals surface area contributed by atoms with E-state index in [0.717, 1.165) is 30.1 Å². The fourth-order valence-electron chi connectivity index (χ4n) is 8.56. The molecule has 2 heteroatoms. The summed E-state index contributed by atoms with van der Waals surface area (Å²) in [6.07, 6.45) is 13.5. The van der Waals surface area contributed by atoms with Crippen molar-refractivity contribution in [3.05, 3.63) is 11.6 Å². The molecule has 4 aliphatic carbocycles. The van der Waals surface area contributed by atoms with E-state index in [4.69, 9.17) is 0 Å². The van der Waals surface area contributed by atoms with E-state index in [1.54, 1.807) is 0 Å². The Morgan fingerprint density at radius 2 is 1.86 bits per heavy atom. The zero-order chi connectivity index (χ0) is 21.0. The van der Waals surface area contributed by atoms with E-state index in [-0.39, 0.29) is 11.2 Å². The molecule has 164 valence electrons. The maximum atomic E-state index is 12.1. The first-order chi connectivity index (χ1) is 13.7. The number of allylic oxidation sites excluding steroid dienone is 1. The van der Waals surface area contributed by atoms with Crippen LogP contribution >= 0.6 is 0 Å². The zero-order valence-corrected chi connectivity index (χ0v) is 19.5. The van der Waals surface area contributed by atoms with Crippen LogP contribution in [0.5, 0.6) is 0 Å². The average Bonchev–Trinajstić information content (AvgIpc) is 3.00. The lowest BCUT2D eigenvalue weighted by Crippen LogP contribution is -2.55. The zero-order valence-electron chi connectivity index (χ0n) is 19.5. The van der Waals surface area contributed by atoms with Gasteiger partial charge in [-0.25, -0.2) is 0 Å². The molecule has 0 aromatic carbocycles. The molecular formula is C27H44O2. The molecule has 3 saturated carbocycles. The van der Waals surface area contributed by atoms with Crippen LogP contribution in [-0.2, 0) is 4.79 Å².